The van der Waals surface area contributed by atoms with Crippen molar-refractivity contribution in [1.82, 2.24) is 15.1 Å². The Morgan fingerprint density at radius 1 is 1.07 bits per heavy atom. The quantitative estimate of drug-likeness (QED) is 0.491. The van der Waals surface area contributed by atoms with Gasteiger partial charge in [-0.1, -0.05) is 23.4 Å². The molecule has 0 atom stereocenters. The van der Waals surface area contributed by atoms with Gasteiger partial charge in [0.25, 0.3) is 0 Å². The van der Waals surface area contributed by atoms with E-state index in [-0.39, 0.29) is 5.75 Å². The molecule has 0 saturated carbocycles. The molecule has 4 rings (SSSR count). The van der Waals surface area contributed by atoms with Gasteiger partial charge in [-0.2, -0.15) is 13.8 Å². The number of nitrogens with one attached hydrogen (secondary N) is 1. The molecule has 0 saturated heterocycles. The third-order valence-corrected chi connectivity index (χ3v) is 4.19. The summed E-state index contributed by atoms with van der Waals surface area (Å²) in [6.45, 7) is -2.51. The molecule has 0 aliphatic carbocycles. The van der Waals surface area contributed by atoms with E-state index in [9.17, 15) is 8.78 Å². The summed E-state index contributed by atoms with van der Waals surface area (Å²) in [5, 5.41) is 7.99. The minimum Gasteiger partial charge on any atom is -0.481 e. The van der Waals surface area contributed by atoms with E-state index < -0.39 is 6.61 Å². The molecule has 2 aromatic carbocycles. The molecule has 0 aliphatic rings. The van der Waals surface area contributed by atoms with Gasteiger partial charge in [-0.3, -0.25) is 0 Å². The summed E-state index contributed by atoms with van der Waals surface area (Å²) in [5.41, 5.74) is 2.34. The number of hydrogen-bond donors (Lipinski definition) is 1. The van der Waals surface area contributed by atoms with Crippen LogP contribution in [0, 0.1) is 0 Å². The zero-order valence-corrected chi connectivity index (χ0v) is 15.3. The number of anilines is 1. The van der Waals surface area contributed by atoms with Gasteiger partial charge in [-0.25, -0.2) is 4.98 Å². The molecular formula is C20H16F2N4O3. The van der Waals surface area contributed by atoms with Crippen molar-refractivity contribution >= 4 is 16.8 Å². The number of rotatable bonds is 7. The van der Waals surface area contributed by atoms with E-state index in [1.807, 2.05) is 12.1 Å². The van der Waals surface area contributed by atoms with Crippen LogP contribution >= 0.6 is 0 Å². The number of aromatic nitrogens is 3. The van der Waals surface area contributed by atoms with E-state index in [0.29, 0.717) is 29.7 Å². The highest BCUT2D eigenvalue weighted by atomic mass is 19.3. The van der Waals surface area contributed by atoms with Crippen LogP contribution in [0.3, 0.4) is 0 Å². The number of hydrogen-bond acceptors (Lipinski definition) is 7. The van der Waals surface area contributed by atoms with E-state index in [0.717, 1.165) is 16.5 Å². The van der Waals surface area contributed by atoms with Crippen LogP contribution < -0.4 is 14.8 Å². The SMILES string of the molecule is COc1ccnc(CNc2noc3ccc(-c4ccc(OC(F)F)cc4)cc23)n1. The van der Waals surface area contributed by atoms with Gasteiger partial charge in [0.05, 0.1) is 19.0 Å². The Morgan fingerprint density at radius 2 is 1.86 bits per heavy atom. The first-order chi connectivity index (χ1) is 14.1. The summed E-state index contributed by atoms with van der Waals surface area (Å²) in [5.74, 6) is 1.68. The molecule has 29 heavy (non-hydrogen) atoms. The third-order valence-electron chi connectivity index (χ3n) is 4.19. The summed E-state index contributed by atoms with van der Waals surface area (Å²) in [6.07, 6.45) is 1.61. The molecule has 0 bridgehead atoms. The van der Waals surface area contributed by atoms with Gasteiger partial charge in [0.1, 0.15) is 5.75 Å². The van der Waals surface area contributed by atoms with Crippen LogP contribution in [0.5, 0.6) is 11.6 Å². The number of halogens is 2. The maximum atomic E-state index is 12.3. The number of benzene rings is 2. The third kappa shape index (κ3) is 4.23. The van der Waals surface area contributed by atoms with Gasteiger partial charge in [-0.05, 0) is 35.4 Å². The molecule has 7 nitrogen and oxygen atoms in total. The van der Waals surface area contributed by atoms with Gasteiger partial charge in [0.15, 0.2) is 17.2 Å². The van der Waals surface area contributed by atoms with Crippen LogP contribution in [0.2, 0.25) is 0 Å². The molecule has 148 valence electrons. The lowest BCUT2D eigenvalue weighted by molar-refractivity contribution is -0.0498. The molecule has 2 aromatic heterocycles. The van der Waals surface area contributed by atoms with Gasteiger partial charge < -0.3 is 19.3 Å². The Balaban J connectivity index is 1.55. The number of ether oxygens (including phenoxy) is 2. The Labute approximate surface area is 164 Å². The zero-order chi connectivity index (χ0) is 20.2. The monoisotopic (exact) mass is 398 g/mol. The Morgan fingerprint density at radius 3 is 2.62 bits per heavy atom. The fourth-order valence-electron chi connectivity index (χ4n) is 2.82. The predicted molar refractivity (Wildman–Crippen MR) is 102 cm³/mol. The first kappa shape index (κ1) is 18.6. The summed E-state index contributed by atoms with van der Waals surface area (Å²) in [6, 6.07) is 13.7. The first-order valence-corrected chi connectivity index (χ1v) is 8.67. The minimum atomic E-state index is -2.85. The van der Waals surface area contributed by atoms with Crippen molar-refractivity contribution in [3.05, 3.63) is 60.6 Å². The lowest BCUT2D eigenvalue weighted by Gasteiger charge is -2.07. The minimum absolute atomic E-state index is 0.107. The number of fused-ring (bicyclic) bond motifs is 1. The van der Waals surface area contributed by atoms with E-state index in [1.165, 1.54) is 12.1 Å². The number of methoxy groups -OCH3 is 1. The topological polar surface area (TPSA) is 82.3 Å². The average molecular weight is 398 g/mol. The second kappa shape index (κ2) is 8.09. The van der Waals surface area contributed by atoms with Gasteiger partial charge in [0, 0.05) is 12.3 Å². The summed E-state index contributed by atoms with van der Waals surface area (Å²) < 4.78 is 39.4. The van der Waals surface area contributed by atoms with Crippen LogP contribution in [0.25, 0.3) is 22.1 Å². The van der Waals surface area contributed by atoms with E-state index >= 15 is 0 Å². The number of alkyl halides is 2. The molecule has 0 unspecified atom stereocenters. The highest BCUT2D eigenvalue weighted by Crippen LogP contribution is 2.30. The highest BCUT2D eigenvalue weighted by Gasteiger charge is 2.11. The second-order valence-corrected chi connectivity index (χ2v) is 6.01. The Bertz CT molecular complexity index is 1120. The van der Waals surface area contributed by atoms with E-state index in [2.05, 4.69) is 25.2 Å². The van der Waals surface area contributed by atoms with Crippen molar-refractivity contribution in [2.24, 2.45) is 0 Å². The molecule has 9 heteroatoms. The lowest BCUT2D eigenvalue weighted by Crippen LogP contribution is -2.05. The lowest BCUT2D eigenvalue weighted by atomic mass is 10.0. The highest BCUT2D eigenvalue weighted by molar-refractivity contribution is 5.91. The summed E-state index contributed by atoms with van der Waals surface area (Å²) in [7, 11) is 1.54. The second-order valence-electron chi connectivity index (χ2n) is 6.01. The Hall–Kier alpha value is -3.75. The van der Waals surface area contributed by atoms with Crippen LogP contribution in [0.15, 0.2) is 59.3 Å². The smallest absolute Gasteiger partial charge is 0.387 e. The standard InChI is InChI=1S/C20H16F2N4O3/c1-27-18-8-9-23-17(25-18)11-24-19-15-10-13(4-7-16(15)29-26-19)12-2-5-14(6-3-12)28-20(21)22/h2-10,20H,11H2,1H3,(H,24,26). The molecule has 0 spiro atoms. The zero-order valence-electron chi connectivity index (χ0n) is 15.3. The van der Waals surface area contributed by atoms with Gasteiger partial charge >= 0.3 is 6.61 Å². The largest absolute Gasteiger partial charge is 0.481 e. The molecule has 2 heterocycles. The maximum Gasteiger partial charge on any atom is 0.387 e. The van der Waals surface area contributed by atoms with Gasteiger partial charge in [0.2, 0.25) is 5.88 Å². The average Bonchev–Trinajstić information content (AvgIpc) is 3.15. The normalized spacial score (nSPS) is 11.0. The van der Waals surface area contributed by atoms with Crippen LogP contribution in [0.1, 0.15) is 5.82 Å². The van der Waals surface area contributed by atoms with E-state index in [1.54, 1.807) is 37.6 Å². The molecular weight excluding hydrogens is 382 g/mol. The molecule has 0 radical (unpaired) electrons. The van der Waals surface area contributed by atoms with Crippen LogP contribution in [-0.4, -0.2) is 28.8 Å². The van der Waals surface area contributed by atoms with Crippen molar-refractivity contribution in [3.63, 3.8) is 0 Å². The summed E-state index contributed by atoms with van der Waals surface area (Å²) in [4.78, 5) is 8.43. The van der Waals surface area contributed by atoms with E-state index in [4.69, 9.17) is 9.26 Å². The maximum absolute atomic E-state index is 12.3. The Kier molecular flexibility index (Phi) is 5.19. The van der Waals surface area contributed by atoms with Crippen molar-refractivity contribution in [1.29, 1.82) is 0 Å². The van der Waals surface area contributed by atoms with Crippen molar-refractivity contribution in [2.45, 2.75) is 13.2 Å². The first-order valence-electron chi connectivity index (χ1n) is 8.67. The summed E-state index contributed by atoms with van der Waals surface area (Å²) >= 11 is 0. The number of nitrogens with zero attached hydrogens (tertiary/aromatic N) is 3. The fraction of sp³-hybridized carbons (Fsp3) is 0.150. The van der Waals surface area contributed by atoms with Crippen molar-refractivity contribution in [3.8, 4) is 22.8 Å². The molecule has 0 aliphatic heterocycles. The van der Waals surface area contributed by atoms with Crippen LogP contribution in [-0.2, 0) is 6.54 Å². The van der Waals surface area contributed by atoms with Crippen LogP contribution in [0.4, 0.5) is 14.6 Å². The molecule has 1 N–H and O–H groups in total. The molecule has 4 aromatic rings. The predicted octanol–water partition coefficient (Wildman–Crippen LogP) is 4.51. The molecule has 0 amide bonds. The molecule has 0 fully saturated rings. The fourth-order valence-corrected chi connectivity index (χ4v) is 2.82. The van der Waals surface area contributed by atoms with Crippen molar-refractivity contribution < 1.29 is 22.8 Å². The van der Waals surface area contributed by atoms with Crippen molar-refractivity contribution in [2.75, 3.05) is 12.4 Å². The van der Waals surface area contributed by atoms with Gasteiger partial charge in [-0.15, -0.1) is 0 Å².